The van der Waals surface area contributed by atoms with Crippen molar-refractivity contribution in [1.29, 1.82) is 0 Å². The van der Waals surface area contributed by atoms with Gasteiger partial charge in [0.1, 0.15) is 0 Å². The highest BCUT2D eigenvalue weighted by atomic mass is 14.2. The lowest BCUT2D eigenvalue weighted by Gasteiger charge is -2.20. The molecule has 0 heteroatoms. The standard InChI is InChI=1S/C16H16.C16H14.C15H14.7C2H6/c2*1-11-3-7-15-13(9-11)5-6-14-10-12(2)4-8-16(14)15;1-10-3-5-14-12(7-10)9-13-8-11(2)4-6-15(13)14;7*1-2/h3-4,7-10H,5-6H2,1-2H3;3-10H,1-2H3;3-8H,9H2,1-2H3;7*1-2H3. The summed E-state index contributed by atoms with van der Waals surface area (Å²) in [6.07, 6.45) is 3.48. The molecule has 7 aromatic rings. The molecule has 0 fully saturated rings. The van der Waals surface area contributed by atoms with Gasteiger partial charge in [-0.15, -0.1) is 0 Å². The van der Waals surface area contributed by atoms with Crippen LogP contribution in [0.5, 0.6) is 0 Å². The zero-order chi connectivity index (χ0) is 46.7. The van der Waals surface area contributed by atoms with E-state index in [1.54, 1.807) is 0 Å². The first-order valence-electron chi connectivity index (χ1n) is 24.0. The summed E-state index contributed by atoms with van der Waals surface area (Å²) < 4.78 is 0. The number of rotatable bonds is 0. The van der Waals surface area contributed by atoms with Crippen LogP contribution in [-0.2, 0) is 19.3 Å². The number of hydrogen-bond donors (Lipinski definition) is 0. The predicted octanol–water partition coefficient (Wildman–Crippen LogP) is 19.7. The van der Waals surface area contributed by atoms with E-state index in [-0.39, 0.29) is 0 Å². The van der Waals surface area contributed by atoms with Gasteiger partial charge >= 0.3 is 0 Å². The highest BCUT2D eigenvalue weighted by molar-refractivity contribution is 6.07. The normalized spacial score (nSPS) is 10.1. The zero-order valence-electron chi connectivity index (χ0n) is 42.7. The molecule has 9 rings (SSSR count). The fourth-order valence-corrected chi connectivity index (χ4v) is 7.43. The van der Waals surface area contributed by atoms with Crippen molar-refractivity contribution in [2.24, 2.45) is 0 Å². The fourth-order valence-electron chi connectivity index (χ4n) is 7.43. The van der Waals surface area contributed by atoms with Gasteiger partial charge in [-0.05, 0) is 127 Å². The molecule has 61 heavy (non-hydrogen) atoms. The lowest BCUT2D eigenvalue weighted by Crippen LogP contribution is -2.04. The van der Waals surface area contributed by atoms with Crippen LogP contribution >= 0.6 is 0 Å². The van der Waals surface area contributed by atoms with Gasteiger partial charge in [0.25, 0.3) is 0 Å². The molecule has 0 heterocycles. The second-order valence-electron chi connectivity index (χ2n) is 13.8. The van der Waals surface area contributed by atoms with Crippen molar-refractivity contribution < 1.29 is 0 Å². The maximum atomic E-state index is 2.33. The molecular weight excluding hydrogens is 733 g/mol. The van der Waals surface area contributed by atoms with E-state index in [0.29, 0.717) is 0 Å². The van der Waals surface area contributed by atoms with Crippen molar-refractivity contribution in [2.45, 2.75) is 158 Å². The molecule has 0 spiro atoms. The lowest BCUT2D eigenvalue weighted by atomic mass is 9.84. The Morgan fingerprint density at radius 3 is 0.770 bits per heavy atom. The van der Waals surface area contributed by atoms with Gasteiger partial charge in [-0.2, -0.15) is 0 Å². The van der Waals surface area contributed by atoms with Crippen molar-refractivity contribution in [3.8, 4) is 22.3 Å². The Bertz CT molecular complexity index is 2120. The topological polar surface area (TPSA) is 0 Å². The largest absolute Gasteiger partial charge is 0.0683 e. The van der Waals surface area contributed by atoms with E-state index in [1.807, 2.05) is 96.9 Å². The van der Waals surface area contributed by atoms with Crippen LogP contribution < -0.4 is 0 Å². The molecule has 7 aromatic carbocycles. The van der Waals surface area contributed by atoms with E-state index < -0.39 is 0 Å². The third-order valence-electron chi connectivity index (χ3n) is 9.81. The Hall–Kier alpha value is -4.94. The van der Waals surface area contributed by atoms with Crippen LogP contribution in [-0.4, -0.2) is 0 Å². The predicted molar refractivity (Wildman–Crippen MR) is 283 cm³/mol. The quantitative estimate of drug-likeness (QED) is 0.134. The monoisotopic (exact) mass is 819 g/mol. The summed E-state index contributed by atoms with van der Waals surface area (Å²) in [6.45, 7) is 40.9. The van der Waals surface area contributed by atoms with E-state index in [9.17, 15) is 0 Å². The van der Waals surface area contributed by atoms with E-state index in [1.165, 1.54) is 112 Å². The van der Waals surface area contributed by atoms with Gasteiger partial charge in [0.15, 0.2) is 0 Å². The summed E-state index contributed by atoms with van der Waals surface area (Å²) in [5.41, 5.74) is 19.8. The lowest BCUT2D eigenvalue weighted by molar-refractivity contribution is 0.937. The third kappa shape index (κ3) is 15.8. The van der Waals surface area contributed by atoms with E-state index in [2.05, 4.69) is 163 Å². The second kappa shape index (κ2) is 31.0. The Morgan fingerprint density at radius 2 is 0.475 bits per heavy atom. The summed E-state index contributed by atoms with van der Waals surface area (Å²) in [5.74, 6) is 0. The maximum Gasteiger partial charge on any atom is -0.00133 e. The molecule has 0 saturated heterocycles. The van der Waals surface area contributed by atoms with Crippen molar-refractivity contribution in [1.82, 2.24) is 0 Å². The SMILES string of the molecule is CC.CC.CC.CC.CC.CC.CC.Cc1ccc2c(c1)CCc1cc(C)ccc1-2.Cc1ccc2c(c1)Cc1cc(C)ccc1-2.Cc1ccc2c(ccc3cc(C)ccc32)c1. The molecule has 0 radical (unpaired) electrons. The molecular formula is C61H86. The Kier molecular flexibility index (Phi) is 28.5. The molecule has 0 amide bonds. The van der Waals surface area contributed by atoms with Crippen molar-refractivity contribution in [2.75, 3.05) is 0 Å². The highest BCUT2D eigenvalue weighted by Crippen LogP contribution is 2.37. The third-order valence-corrected chi connectivity index (χ3v) is 9.81. The summed E-state index contributed by atoms with van der Waals surface area (Å²) in [5, 5.41) is 5.36. The molecule has 0 aliphatic heterocycles. The van der Waals surface area contributed by atoms with Crippen molar-refractivity contribution >= 4 is 21.5 Å². The van der Waals surface area contributed by atoms with Crippen molar-refractivity contribution in [3.05, 3.63) is 177 Å². The van der Waals surface area contributed by atoms with Gasteiger partial charge in [0.05, 0.1) is 0 Å². The minimum atomic E-state index is 1.11. The Balaban J connectivity index is 0.000000773. The first-order valence-corrected chi connectivity index (χ1v) is 24.0. The first-order chi connectivity index (χ1) is 29.7. The number of benzene rings is 7. The fraction of sp³-hybridized carbons (Fsp3) is 0.377. The van der Waals surface area contributed by atoms with Crippen LogP contribution in [0.4, 0.5) is 0 Å². The first kappa shape index (κ1) is 56.1. The zero-order valence-corrected chi connectivity index (χ0v) is 42.7. The van der Waals surface area contributed by atoms with Gasteiger partial charge in [0, 0.05) is 0 Å². The highest BCUT2D eigenvalue weighted by Gasteiger charge is 2.18. The second-order valence-corrected chi connectivity index (χ2v) is 13.8. The van der Waals surface area contributed by atoms with Crippen LogP contribution in [0.25, 0.3) is 43.8 Å². The van der Waals surface area contributed by atoms with Gasteiger partial charge < -0.3 is 0 Å². The molecule has 0 saturated carbocycles. The van der Waals surface area contributed by atoms with E-state index in [0.717, 1.165) is 6.42 Å². The van der Waals surface area contributed by atoms with Gasteiger partial charge in [-0.1, -0.05) is 252 Å². The minimum absolute atomic E-state index is 1.11. The van der Waals surface area contributed by atoms with Gasteiger partial charge in [-0.3, -0.25) is 0 Å². The molecule has 0 nitrogen and oxygen atoms in total. The van der Waals surface area contributed by atoms with Crippen LogP contribution in [0.3, 0.4) is 0 Å². The Morgan fingerprint density at radius 1 is 0.246 bits per heavy atom. The summed E-state index contributed by atoms with van der Waals surface area (Å²) in [6, 6.07) is 44.9. The molecule has 0 N–H and O–H groups in total. The molecule has 0 atom stereocenters. The molecule has 2 aliphatic carbocycles. The summed E-state index contributed by atoms with van der Waals surface area (Å²) in [4.78, 5) is 0. The van der Waals surface area contributed by atoms with Crippen LogP contribution in [0.15, 0.2) is 121 Å². The molecule has 2 aliphatic rings. The minimum Gasteiger partial charge on any atom is -0.0683 e. The maximum absolute atomic E-state index is 2.33. The van der Waals surface area contributed by atoms with Crippen molar-refractivity contribution in [3.63, 3.8) is 0 Å². The van der Waals surface area contributed by atoms with E-state index in [4.69, 9.17) is 0 Å². The molecule has 330 valence electrons. The Labute approximate surface area is 376 Å². The smallest absolute Gasteiger partial charge is 0.00133 e. The van der Waals surface area contributed by atoms with Gasteiger partial charge in [-0.25, -0.2) is 0 Å². The summed E-state index contributed by atoms with van der Waals surface area (Å²) >= 11 is 0. The molecule has 0 aromatic heterocycles. The average molecular weight is 819 g/mol. The number of aryl methyl sites for hydroxylation is 8. The number of fused-ring (bicyclic) bond motifs is 9. The van der Waals surface area contributed by atoms with Crippen LogP contribution in [0.2, 0.25) is 0 Å². The van der Waals surface area contributed by atoms with E-state index >= 15 is 0 Å². The van der Waals surface area contributed by atoms with Gasteiger partial charge in [0.2, 0.25) is 0 Å². The average Bonchev–Trinajstić information content (AvgIpc) is 3.67. The summed E-state index contributed by atoms with van der Waals surface area (Å²) in [7, 11) is 0. The van der Waals surface area contributed by atoms with Crippen LogP contribution in [0.1, 0.15) is 153 Å². The molecule has 0 bridgehead atoms. The number of hydrogen-bond acceptors (Lipinski definition) is 0. The molecule has 0 unspecified atom stereocenters. The van der Waals surface area contributed by atoms with Crippen LogP contribution in [0, 0.1) is 41.5 Å².